The SMILES string of the molecule is COc1ccc(C(=O)CCC(=O)N2CCNC(C)C2C)cc1F.Cl. The van der Waals surface area contributed by atoms with Crippen LogP contribution in [0.1, 0.15) is 37.0 Å². The van der Waals surface area contributed by atoms with Crippen LogP contribution in [0.2, 0.25) is 0 Å². The van der Waals surface area contributed by atoms with Crippen LogP contribution in [0.15, 0.2) is 18.2 Å². The van der Waals surface area contributed by atoms with Crippen molar-refractivity contribution in [2.24, 2.45) is 0 Å². The van der Waals surface area contributed by atoms with Crippen LogP contribution in [-0.4, -0.2) is 48.9 Å². The molecule has 24 heavy (non-hydrogen) atoms. The van der Waals surface area contributed by atoms with Crippen LogP contribution in [0.4, 0.5) is 4.39 Å². The van der Waals surface area contributed by atoms with Gasteiger partial charge >= 0.3 is 0 Å². The molecule has 2 atom stereocenters. The highest BCUT2D eigenvalue weighted by Crippen LogP contribution is 2.19. The monoisotopic (exact) mass is 358 g/mol. The molecule has 1 fully saturated rings. The Morgan fingerprint density at radius 3 is 2.67 bits per heavy atom. The van der Waals surface area contributed by atoms with Crippen molar-refractivity contribution in [2.75, 3.05) is 20.2 Å². The Kier molecular flexibility index (Phi) is 7.63. The molecule has 1 aromatic carbocycles. The molecule has 1 aromatic rings. The van der Waals surface area contributed by atoms with Gasteiger partial charge in [-0.2, -0.15) is 0 Å². The number of amides is 1. The molecular weight excluding hydrogens is 335 g/mol. The lowest BCUT2D eigenvalue weighted by Crippen LogP contribution is -2.57. The summed E-state index contributed by atoms with van der Waals surface area (Å²) < 4.78 is 18.5. The Hall–Kier alpha value is -1.66. The van der Waals surface area contributed by atoms with Crippen molar-refractivity contribution >= 4 is 24.1 Å². The molecule has 0 bridgehead atoms. The van der Waals surface area contributed by atoms with Crippen molar-refractivity contribution < 1.29 is 18.7 Å². The van der Waals surface area contributed by atoms with Gasteiger partial charge in [-0.05, 0) is 32.0 Å². The van der Waals surface area contributed by atoms with Crippen molar-refractivity contribution in [1.82, 2.24) is 10.2 Å². The lowest BCUT2D eigenvalue weighted by atomic mass is 10.0. The molecule has 1 N–H and O–H groups in total. The number of carbonyl (C=O) groups excluding carboxylic acids is 2. The van der Waals surface area contributed by atoms with Crippen LogP contribution in [0.3, 0.4) is 0 Å². The summed E-state index contributed by atoms with van der Waals surface area (Å²) in [4.78, 5) is 26.3. The van der Waals surface area contributed by atoms with Crippen LogP contribution < -0.4 is 10.1 Å². The first-order valence-corrected chi connectivity index (χ1v) is 7.83. The fourth-order valence-corrected chi connectivity index (χ4v) is 2.76. The van der Waals surface area contributed by atoms with Gasteiger partial charge in [-0.15, -0.1) is 12.4 Å². The molecule has 2 rings (SSSR count). The first kappa shape index (κ1) is 20.4. The highest BCUT2D eigenvalue weighted by atomic mass is 35.5. The van der Waals surface area contributed by atoms with E-state index in [0.717, 1.165) is 12.6 Å². The molecule has 0 aromatic heterocycles. The number of hydrogen-bond acceptors (Lipinski definition) is 4. The summed E-state index contributed by atoms with van der Waals surface area (Å²) in [5.41, 5.74) is 0.262. The zero-order valence-electron chi connectivity index (χ0n) is 14.2. The third kappa shape index (κ3) is 4.68. The molecule has 0 saturated carbocycles. The van der Waals surface area contributed by atoms with Gasteiger partial charge in [0.2, 0.25) is 5.91 Å². The largest absolute Gasteiger partial charge is 0.494 e. The summed E-state index contributed by atoms with van der Waals surface area (Å²) in [6, 6.07) is 4.43. The number of halogens is 2. The first-order chi connectivity index (χ1) is 10.9. The lowest BCUT2D eigenvalue weighted by Gasteiger charge is -2.38. The predicted molar refractivity (Wildman–Crippen MR) is 92.4 cm³/mol. The molecule has 0 aliphatic carbocycles. The van der Waals surface area contributed by atoms with Gasteiger partial charge in [-0.1, -0.05) is 0 Å². The van der Waals surface area contributed by atoms with E-state index in [9.17, 15) is 14.0 Å². The van der Waals surface area contributed by atoms with Crippen molar-refractivity contribution in [1.29, 1.82) is 0 Å². The number of nitrogens with one attached hydrogen (secondary N) is 1. The van der Waals surface area contributed by atoms with E-state index < -0.39 is 5.82 Å². The number of nitrogens with zero attached hydrogens (tertiary/aromatic N) is 1. The van der Waals surface area contributed by atoms with Gasteiger partial charge in [0, 0.05) is 43.6 Å². The minimum atomic E-state index is -0.575. The fraction of sp³-hybridized carbons (Fsp3) is 0.529. The third-order valence-corrected chi connectivity index (χ3v) is 4.39. The van der Waals surface area contributed by atoms with Gasteiger partial charge in [0.25, 0.3) is 0 Å². The third-order valence-electron chi connectivity index (χ3n) is 4.39. The van der Waals surface area contributed by atoms with Crippen molar-refractivity contribution in [3.05, 3.63) is 29.6 Å². The van der Waals surface area contributed by atoms with E-state index in [4.69, 9.17) is 4.74 Å². The Balaban J connectivity index is 0.00000288. The van der Waals surface area contributed by atoms with Crippen LogP contribution in [0.5, 0.6) is 5.75 Å². The number of methoxy groups -OCH3 is 1. The summed E-state index contributed by atoms with van der Waals surface area (Å²) in [6.45, 7) is 5.44. The molecule has 2 unspecified atom stereocenters. The maximum absolute atomic E-state index is 13.6. The number of Topliss-reactive ketones (excluding diaryl/α,β-unsaturated/α-hetero) is 1. The van der Waals surface area contributed by atoms with Crippen LogP contribution in [-0.2, 0) is 4.79 Å². The van der Waals surface area contributed by atoms with Crippen LogP contribution >= 0.6 is 12.4 Å². The average Bonchev–Trinajstić information content (AvgIpc) is 2.54. The summed E-state index contributed by atoms with van der Waals surface area (Å²) >= 11 is 0. The quantitative estimate of drug-likeness (QED) is 0.821. The topological polar surface area (TPSA) is 58.6 Å². The number of ether oxygens (including phenoxy) is 1. The molecular formula is C17H24ClFN2O3. The zero-order valence-corrected chi connectivity index (χ0v) is 15.0. The maximum Gasteiger partial charge on any atom is 0.223 e. The standard InChI is InChI=1S/C17H23FN2O3.ClH/c1-11-12(2)20(9-8-19-11)17(22)7-5-15(21)13-4-6-16(23-3)14(18)10-13;/h4,6,10-12,19H,5,7-9H2,1-3H3;1H. The summed E-state index contributed by atoms with van der Waals surface area (Å²) in [5.74, 6) is -0.751. The normalized spacial score (nSPS) is 20.2. The number of piperazine rings is 1. The molecule has 7 heteroatoms. The van der Waals surface area contributed by atoms with Gasteiger partial charge in [0.1, 0.15) is 0 Å². The Bertz CT molecular complexity index is 597. The maximum atomic E-state index is 13.6. The van der Waals surface area contributed by atoms with E-state index in [1.165, 1.54) is 19.2 Å². The minimum Gasteiger partial charge on any atom is -0.494 e. The van der Waals surface area contributed by atoms with Crippen LogP contribution in [0.25, 0.3) is 0 Å². The summed E-state index contributed by atoms with van der Waals surface area (Å²) in [7, 11) is 1.37. The number of benzene rings is 1. The van der Waals surface area contributed by atoms with Gasteiger partial charge < -0.3 is 15.0 Å². The highest BCUT2D eigenvalue weighted by molar-refractivity contribution is 5.98. The van der Waals surface area contributed by atoms with E-state index in [-0.39, 0.29) is 60.3 Å². The van der Waals surface area contributed by atoms with Gasteiger partial charge in [0.15, 0.2) is 17.3 Å². The van der Waals surface area contributed by atoms with Gasteiger partial charge in [-0.3, -0.25) is 9.59 Å². The highest BCUT2D eigenvalue weighted by Gasteiger charge is 2.28. The van der Waals surface area contributed by atoms with E-state index >= 15 is 0 Å². The fourth-order valence-electron chi connectivity index (χ4n) is 2.76. The molecule has 0 radical (unpaired) electrons. The molecule has 1 aliphatic heterocycles. The second-order valence-electron chi connectivity index (χ2n) is 5.84. The van der Waals surface area contributed by atoms with Crippen LogP contribution in [0, 0.1) is 5.82 Å². The van der Waals surface area contributed by atoms with E-state index in [1.54, 1.807) is 0 Å². The molecule has 1 aliphatic rings. The van der Waals surface area contributed by atoms with E-state index in [2.05, 4.69) is 5.32 Å². The smallest absolute Gasteiger partial charge is 0.223 e. The Labute approximate surface area is 148 Å². The molecule has 1 amide bonds. The molecule has 5 nitrogen and oxygen atoms in total. The molecule has 1 heterocycles. The second-order valence-corrected chi connectivity index (χ2v) is 5.84. The van der Waals surface area contributed by atoms with Gasteiger partial charge in [-0.25, -0.2) is 4.39 Å². The average molecular weight is 359 g/mol. The lowest BCUT2D eigenvalue weighted by molar-refractivity contribution is -0.134. The van der Waals surface area contributed by atoms with E-state index in [1.807, 2.05) is 18.7 Å². The van der Waals surface area contributed by atoms with Crippen molar-refractivity contribution in [2.45, 2.75) is 38.8 Å². The number of rotatable bonds is 5. The summed E-state index contributed by atoms with van der Waals surface area (Å²) in [5, 5.41) is 3.31. The zero-order chi connectivity index (χ0) is 17.0. The number of ketones is 1. The Morgan fingerprint density at radius 1 is 1.33 bits per heavy atom. The second kappa shape index (κ2) is 8.99. The van der Waals surface area contributed by atoms with E-state index in [0.29, 0.717) is 6.54 Å². The Morgan fingerprint density at radius 2 is 2.04 bits per heavy atom. The number of hydrogen-bond donors (Lipinski definition) is 1. The van der Waals surface area contributed by atoms with Crippen molar-refractivity contribution in [3.63, 3.8) is 0 Å². The molecule has 0 spiro atoms. The predicted octanol–water partition coefficient (Wildman–Crippen LogP) is 2.43. The summed E-state index contributed by atoms with van der Waals surface area (Å²) in [6.07, 6.45) is 0.221. The number of carbonyl (C=O) groups is 2. The molecule has 134 valence electrons. The van der Waals surface area contributed by atoms with Gasteiger partial charge in [0.05, 0.1) is 7.11 Å². The van der Waals surface area contributed by atoms with Crippen molar-refractivity contribution in [3.8, 4) is 5.75 Å². The minimum absolute atomic E-state index is 0. The molecule has 1 saturated heterocycles. The first-order valence-electron chi connectivity index (χ1n) is 7.83.